The van der Waals surface area contributed by atoms with Crippen molar-refractivity contribution in [1.82, 2.24) is 0 Å². The molecule has 0 amide bonds. The summed E-state index contributed by atoms with van der Waals surface area (Å²) in [6, 6.07) is 10.3. The quantitative estimate of drug-likeness (QED) is 0.765. The number of halogens is 1. The number of furan rings is 1. The number of aryl methyl sites for hydroxylation is 1. The van der Waals surface area contributed by atoms with E-state index in [4.69, 9.17) is 9.15 Å². The van der Waals surface area contributed by atoms with E-state index >= 15 is 0 Å². The molecule has 1 unspecified atom stereocenters. The minimum atomic E-state index is 0.207. The van der Waals surface area contributed by atoms with Crippen molar-refractivity contribution in [2.45, 2.75) is 18.9 Å². The second-order valence-electron chi connectivity index (χ2n) is 4.21. The maximum Gasteiger partial charge on any atom is 0.147 e. The predicted molar refractivity (Wildman–Crippen MR) is 74.9 cm³/mol. The van der Waals surface area contributed by atoms with Crippen LogP contribution >= 0.6 is 22.6 Å². The summed E-state index contributed by atoms with van der Waals surface area (Å²) < 4.78 is 12.7. The van der Waals surface area contributed by atoms with Crippen LogP contribution < -0.4 is 0 Å². The van der Waals surface area contributed by atoms with Crippen molar-refractivity contribution in [1.29, 1.82) is 0 Å². The third kappa shape index (κ3) is 1.81. The van der Waals surface area contributed by atoms with Crippen LogP contribution in [0.4, 0.5) is 0 Å². The number of hydrogen-bond donors (Lipinski definition) is 0. The molecule has 1 aromatic carbocycles. The fourth-order valence-corrected chi connectivity index (χ4v) is 3.46. The average molecular weight is 340 g/mol. The number of rotatable bonds is 2. The van der Waals surface area contributed by atoms with Gasteiger partial charge in [-0.15, -0.1) is 0 Å². The Morgan fingerprint density at radius 3 is 2.76 bits per heavy atom. The highest BCUT2D eigenvalue weighted by Gasteiger charge is 2.31. The molecule has 1 heterocycles. The molecule has 0 aliphatic heterocycles. The Balaban J connectivity index is 2.10. The van der Waals surface area contributed by atoms with Crippen LogP contribution in [0.2, 0.25) is 0 Å². The molecule has 1 aromatic heterocycles. The molecule has 0 saturated carbocycles. The van der Waals surface area contributed by atoms with E-state index in [1.54, 1.807) is 7.11 Å². The first kappa shape index (κ1) is 11.3. The largest absolute Gasteiger partial charge is 0.460 e. The lowest BCUT2D eigenvalue weighted by Crippen LogP contribution is -1.96. The molecule has 0 N–H and O–H groups in total. The van der Waals surface area contributed by atoms with Gasteiger partial charge in [-0.25, -0.2) is 0 Å². The Hall–Kier alpha value is -0.810. The van der Waals surface area contributed by atoms with Gasteiger partial charge >= 0.3 is 0 Å². The number of methoxy groups -OCH3 is 1. The second-order valence-corrected chi connectivity index (χ2v) is 5.29. The molecule has 0 bridgehead atoms. The fraction of sp³-hybridized carbons (Fsp3) is 0.286. The van der Waals surface area contributed by atoms with E-state index in [9.17, 15) is 0 Å². The third-order valence-electron chi connectivity index (χ3n) is 3.24. The van der Waals surface area contributed by atoms with E-state index < -0.39 is 0 Å². The summed E-state index contributed by atoms with van der Waals surface area (Å²) >= 11 is 2.37. The molecule has 0 saturated heterocycles. The maximum atomic E-state index is 5.99. The van der Waals surface area contributed by atoms with Gasteiger partial charge in [-0.2, -0.15) is 0 Å². The first-order chi connectivity index (χ1) is 8.31. The molecular formula is C14H13IO2. The van der Waals surface area contributed by atoms with Gasteiger partial charge in [-0.05, 0) is 29.0 Å². The Morgan fingerprint density at radius 2 is 2.06 bits per heavy atom. The molecule has 0 radical (unpaired) electrons. The molecule has 88 valence electrons. The predicted octanol–water partition coefficient (Wildman–Crippen LogP) is 4.18. The van der Waals surface area contributed by atoms with Crippen molar-refractivity contribution in [2.75, 3.05) is 7.11 Å². The topological polar surface area (TPSA) is 22.4 Å². The van der Waals surface area contributed by atoms with E-state index in [-0.39, 0.29) is 6.10 Å². The van der Waals surface area contributed by atoms with Crippen LogP contribution in [0.1, 0.15) is 23.8 Å². The van der Waals surface area contributed by atoms with Crippen molar-refractivity contribution in [3.63, 3.8) is 0 Å². The van der Waals surface area contributed by atoms with Crippen molar-refractivity contribution in [3.05, 3.63) is 45.2 Å². The average Bonchev–Trinajstić information content (AvgIpc) is 2.91. The van der Waals surface area contributed by atoms with E-state index in [1.807, 2.05) is 18.2 Å². The zero-order valence-corrected chi connectivity index (χ0v) is 11.7. The molecule has 3 rings (SSSR count). The van der Waals surface area contributed by atoms with Gasteiger partial charge in [0.15, 0.2) is 0 Å². The minimum Gasteiger partial charge on any atom is -0.460 e. The molecule has 1 atom stereocenters. The normalized spacial score (nSPS) is 18.4. The summed E-state index contributed by atoms with van der Waals surface area (Å²) in [5, 5.41) is 0. The molecule has 0 fully saturated rings. The van der Waals surface area contributed by atoms with Crippen molar-refractivity contribution >= 4 is 22.6 Å². The van der Waals surface area contributed by atoms with E-state index in [0.717, 1.165) is 29.9 Å². The van der Waals surface area contributed by atoms with Gasteiger partial charge in [0.25, 0.3) is 0 Å². The fourth-order valence-electron chi connectivity index (χ4n) is 2.39. The van der Waals surface area contributed by atoms with Crippen LogP contribution in [0.25, 0.3) is 11.3 Å². The van der Waals surface area contributed by atoms with Crippen LogP contribution in [0.5, 0.6) is 0 Å². The molecule has 17 heavy (non-hydrogen) atoms. The lowest BCUT2D eigenvalue weighted by molar-refractivity contribution is 0.104. The van der Waals surface area contributed by atoms with Gasteiger partial charge in [-0.1, -0.05) is 30.3 Å². The number of benzene rings is 1. The van der Waals surface area contributed by atoms with Gasteiger partial charge in [0.2, 0.25) is 0 Å². The zero-order valence-electron chi connectivity index (χ0n) is 9.57. The SMILES string of the molecule is COC1CCc2oc(-c3ccccc3)c(I)c21. The van der Waals surface area contributed by atoms with Crippen molar-refractivity contribution in [3.8, 4) is 11.3 Å². The van der Waals surface area contributed by atoms with Crippen molar-refractivity contribution < 1.29 is 9.15 Å². The highest BCUT2D eigenvalue weighted by Crippen LogP contribution is 2.43. The van der Waals surface area contributed by atoms with Crippen LogP contribution in [-0.4, -0.2) is 7.11 Å². The van der Waals surface area contributed by atoms with Gasteiger partial charge in [0, 0.05) is 24.7 Å². The highest BCUT2D eigenvalue weighted by atomic mass is 127. The summed E-state index contributed by atoms with van der Waals surface area (Å²) in [5.41, 5.74) is 2.40. The van der Waals surface area contributed by atoms with Crippen LogP contribution in [0.15, 0.2) is 34.7 Å². The smallest absolute Gasteiger partial charge is 0.147 e. The number of hydrogen-bond acceptors (Lipinski definition) is 2. The summed E-state index contributed by atoms with van der Waals surface area (Å²) in [5.74, 6) is 2.08. The minimum absolute atomic E-state index is 0.207. The first-order valence-corrected chi connectivity index (χ1v) is 6.78. The summed E-state index contributed by atoms with van der Waals surface area (Å²) in [4.78, 5) is 0. The van der Waals surface area contributed by atoms with E-state index in [2.05, 4.69) is 34.7 Å². The van der Waals surface area contributed by atoms with Crippen molar-refractivity contribution in [2.24, 2.45) is 0 Å². The molecule has 3 heteroatoms. The molecular weight excluding hydrogens is 327 g/mol. The van der Waals surface area contributed by atoms with E-state index in [0.29, 0.717) is 0 Å². The van der Waals surface area contributed by atoms with E-state index in [1.165, 1.54) is 9.13 Å². The van der Waals surface area contributed by atoms with Crippen LogP contribution in [-0.2, 0) is 11.2 Å². The van der Waals surface area contributed by atoms with Gasteiger partial charge in [0.05, 0.1) is 9.67 Å². The monoisotopic (exact) mass is 340 g/mol. The Morgan fingerprint density at radius 1 is 1.29 bits per heavy atom. The molecule has 0 spiro atoms. The summed E-state index contributed by atoms with van der Waals surface area (Å²) in [6.07, 6.45) is 2.23. The van der Waals surface area contributed by atoms with Gasteiger partial charge in [0.1, 0.15) is 11.5 Å². The molecule has 2 aromatic rings. The van der Waals surface area contributed by atoms with Crippen LogP contribution in [0.3, 0.4) is 0 Å². The van der Waals surface area contributed by atoms with Crippen LogP contribution in [0, 0.1) is 3.57 Å². The first-order valence-electron chi connectivity index (χ1n) is 5.70. The lowest BCUT2D eigenvalue weighted by Gasteiger charge is -2.07. The van der Waals surface area contributed by atoms with Gasteiger partial charge in [-0.3, -0.25) is 0 Å². The lowest BCUT2D eigenvalue weighted by atomic mass is 10.1. The standard InChI is InChI=1S/C14H13IO2/c1-16-10-7-8-11-12(10)13(15)14(17-11)9-5-3-2-4-6-9/h2-6,10H,7-8H2,1H3. The third-order valence-corrected chi connectivity index (χ3v) is 4.31. The Bertz CT molecular complexity index is 531. The highest BCUT2D eigenvalue weighted by molar-refractivity contribution is 14.1. The second kappa shape index (κ2) is 4.46. The summed E-state index contributed by atoms with van der Waals surface area (Å²) in [6.45, 7) is 0. The number of ether oxygens (including phenoxy) is 1. The van der Waals surface area contributed by atoms with Gasteiger partial charge < -0.3 is 9.15 Å². The maximum absolute atomic E-state index is 5.99. The molecule has 1 aliphatic rings. The molecule has 1 aliphatic carbocycles. The Kier molecular flexibility index (Phi) is 2.96. The zero-order chi connectivity index (χ0) is 11.8. The Labute approximate surface area is 114 Å². The number of fused-ring (bicyclic) bond motifs is 1. The molecule has 2 nitrogen and oxygen atoms in total. The summed E-state index contributed by atoms with van der Waals surface area (Å²) in [7, 11) is 1.77.